The fourth-order valence-corrected chi connectivity index (χ4v) is 1.68. The SMILES string of the molecule is Cc1nc(CC(=O)NCCc2ccccc2O)no1. The molecule has 0 radical (unpaired) electrons. The molecule has 0 saturated carbocycles. The molecule has 2 aromatic rings. The number of para-hydroxylation sites is 1. The number of phenols is 1. The van der Waals surface area contributed by atoms with Crippen molar-refractivity contribution in [1.82, 2.24) is 15.5 Å². The zero-order chi connectivity index (χ0) is 13.7. The number of phenolic OH excluding ortho intramolecular Hbond substituents is 1. The summed E-state index contributed by atoms with van der Waals surface area (Å²) >= 11 is 0. The minimum absolute atomic E-state index is 0.0953. The fraction of sp³-hybridized carbons (Fsp3) is 0.308. The number of carbonyl (C=O) groups excluding carboxylic acids is 1. The average molecular weight is 261 g/mol. The smallest absolute Gasteiger partial charge is 0.227 e. The first-order valence-corrected chi connectivity index (χ1v) is 5.98. The van der Waals surface area contributed by atoms with Gasteiger partial charge in [-0.25, -0.2) is 0 Å². The van der Waals surface area contributed by atoms with Crippen LogP contribution in [-0.2, 0) is 17.6 Å². The van der Waals surface area contributed by atoms with Gasteiger partial charge in [-0.3, -0.25) is 4.79 Å². The normalized spacial score (nSPS) is 10.4. The van der Waals surface area contributed by atoms with E-state index in [1.807, 2.05) is 12.1 Å². The number of amides is 1. The predicted molar refractivity (Wildman–Crippen MR) is 67.6 cm³/mol. The molecule has 2 N–H and O–H groups in total. The molecule has 19 heavy (non-hydrogen) atoms. The van der Waals surface area contributed by atoms with Gasteiger partial charge >= 0.3 is 0 Å². The van der Waals surface area contributed by atoms with Crippen LogP contribution in [0.1, 0.15) is 17.3 Å². The Hall–Kier alpha value is -2.37. The molecule has 0 aliphatic heterocycles. The van der Waals surface area contributed by atoms with Crippen LogP contribution in [0.25, 0.3) is 0 Å². The Labute approximate surface area is 110 Å². The van der Waals surface area contributed by atoms with E-state index in [9.17, 15) is 9.90 Å². The molecular weight excluding hydrogens is 246 g/mol. The molecule has 0 spiro atoms. The van der Waals surface area contributed by atoms with Crippen molar-refractivity contribution >= 4 is 5.91 Å². The van der Waals surface area contributed by atoms with Gasteiger partial charge in [0.05, 0.1) is 6.42 Å². The van der Waals surface area contributed by atoms with Crippen LogP contribution < -0.4 is 5.32 Å². The lowest BCUT2D eigenvalue weighted by atomic mass is 10.1. The molecule has 0 atom stereocenters. The van der Waals surface area contributed by atoms with E-state index in [-0.39, 0.29) is 18.1 Å². The van der Waals surface area contributed by atoms with Crippen molar-refractivity contribution in [3.05, 3.63) is 41.5 Å². The number of nitrogens with zero attached hydrogens (tertiary/aromatic N) is 2. The molecule has 100 valence electrons. The van der Waals surface area contributed by atoms with Gasteiger partial charge in [0.1, 0.15) is 5.75 Å². The van der Waals surface area contributed by atoms with Crippen LogP contribution >= 0.6 is 0 Å². The summed E-state index contributed by atoms with van der Waals surface area (Å²) in [6.45, 7) is 2.12. The zero-order valence-electron chi connectivity index (χ0n) is 10.6. The van der Waals surface area contributed by atoms with Crippen LogP contribution in [0.15, 0.2) is 28.8 Å². The molecule has 2 rings (SSSR count). The van der Waals surface area contributed by atoms with Crippen molar-refractivity contribution in [3.8, 4) is 5.75 Å². The molecule has 0 unspecified atom stereocenters. The Kier molecular flexibility index (Phi) is 4.12. The molecule has 1 heterocycles. The monoisotopic (exact) mass is 261 g/mol. The summed E-state index contributed by atoms with van der Waals surface area (Å²) in [4.78, 5) is 15.6. The van der Waals surface area contributed by atoms with E-state index >= 15 is 0 Å². The minimum Gasteiger partial charge on any atom is -0.508 e. The van der Waals surface area contributed by atoms with Gasteiger partial charge in [-0.15, -0.1) is 0 Å². The third kappa shape index (κ3) is 3.80. The summed E-state index contributed by atoms with van der Waals surface area (Å²) in [7, 11) is 0. The maximum atomic E-state index is 11.6. The first kappa shape index (κ1) is 13.1. The molecule has 1 aromatic heterocycles. The van der Waals surface area contributed by atoms with E-state index in [0.29, 0.717) is 24.7 Å². The van der Waals surface area contributed by atoms with Crippen molar-refractivity contribution in [2.75, 3.05) is 6.54 Å². The topological polar surface area (TPSA) is 88.2 Å². The zero-order valence-corrected chi connectivity index (χ0v) is 10.6. The number of hydrogen-bond donors (Lipinski definition) is 2. The second-order valence-corrected chi connectivity index (χ2v) is 4.14. The molecular formula is C13H15N3O3. The lowest BCUT2D eigenvalue weighted by Gasteiger charge is -2.05. The third-order valence-corrected chi connectivity index (χ3v) is 2.60. The van der Waals surface area contributed by atoms with E-state index in [4.69, 9.17) is 4.52 Å². The molecule has 1 aromatic carbocycles. The number of benzene rings is 1. The summed E-state index contributed by atoms with van der Waals surface area (Å²) in [6, 6.07) is 7.05. The van der Waals surface area contributed by atoms with Crippen LogP contribution in [-0.4, -0.2) is 27.7 Å². The predicted octanol–water partition coefficient (Wildman–Crippen LogP) is 0.985. The highest BCUT2D eigenvalue weighted by Crippen LogP contribution is 2.15. The van der Waals surface area contributed by atoms with Crippen molar-refractivity contribution in [2.24, 2.45) is 0 Å². The molecule has 0 saturated heterocycles. The number of carbonyl (C=O) groups is 1. The van der Waals surface area contributed by atoms with E-state index in [0.717, 1.165) is 5.56 Å². The number of aromatic nitrogens is 2. The Morgan fingerprint density at radius 1 is 1.42 bits per heavy atom. The van der Waals surface area contributed by atoms with Crippen LogP contribution in [0, 0.1) is 6.92 Å². The van der Waals surface area contributed by atoms with Crippen LogP contribution in [0.3, 0.4) is 0 Å². The van der Waals surface area contributed by atoms with Crippen molar-refractivity contribution in [3.63, 3.8) is 0 Å². The van der Waals surface area contributed by atoms with Crippen molar-refractivity contribution in [2.45, 2.75) is 19.8 Å². The van der Waals surface area contributed by atoms with Crippen molar-refractivity contribution in [1.29, 1.82) is 0 Å². The summed E-state index contributed by atoms with van der Waals surface area (Å²) < 4.78 is 4.78. The van der Waals surface area contributed by atoms with Crippen LogP contribution in [0.2, 0.25) is 0 Å². The maximum Gasteiger partial charge on any atom is 0.227 e. The molecule has 1 amide bonds. The van der Waals surface area contributed by atoms with Crippen LogP contribution in [0.4, 0.5) is 0 Å². The summed E-state index contributed by atoms with van der Waals surface area (Å²) in [6.07, 6.45) is 0.668. The molecule has 6 heteroatoms. The van der Waals surface area contributed by atoms with Gasteiger partial charge in [-0.05, 0) is 18.1 Å². The maximum absolute atomic E-state index is 11.6. The number of hydrogen-bond acceptors (Lipinski definition) is 5. The van der Waals surface area contributed by atoms with E-state index in [1.165, 1.54) is 0 Å². The largest absolute Gasteiger partial charge is 0.508 e. The second-order valence-electron chi connectivity index (χ2n) is 4.14. The fourth-order valence-electron chi connectivity index (χ4n) is 1.68. The third-order valence-electron chi connectivity index (χ3n) is 2.60. The number of rotatable bonds is 5. The standard InChI is InChI=1S/C13H15N3O3/c1-9-15-12(16-19-9)8-13(18)14-7-6-10-4-2-3-5-11(10)17/h2-5,17H,6-8H2,1H3,(H,14,18). The van der Waals surface area contributed by atoms with Gasteiger partial charge in [-0.2, -0.15) is 4.98 Å². The van der Waals surface area contributed by atoms with E-state index in [1.54, 1.807) is 19.1 Å². The van der Waals surface area contributed by atoms with Gasteiger partial charge < -0.3 is 14.9 Å². The van der Waals surface area contributed by atoms with Gasteiger partial charge in [0.15, 0.2) is 5.82 Å². The first-order valence-electron chi connectivity index (χ1n) is 5.98. The van der Waals surface area contributed by atoms with Crippen molar-refractivity contribution < 1.29 is 14.4 Å². The summed E-state index contributed by atoms with van der Waals surface area (Å²) in [5, 5.41) is 16.0. The quantitative estimate of drug-likeness (QED) is 0.837. The highest BCUT2D eigenvalue weighted by atomic mass is 16.5. The van der Waals surface area contributed by atoms with Gasteiger partial charge in [0.25, 0.3) is 0 Å². The van der Waals surface area contributed by atoms with E-state index < -0.39 is 0 Å². The Bertz CT molecular complexity index is 566. The molecule has 0 aliphatic rings. The molecule has 0 fully saturated rings. The van der Waals surface area contributed by atoms with E-state index in [2.05, 4.69) is 15.5 Å². The van der Waals surface area contributed by atoms with Crippen LogP contribution in [0.5, 0.6) is 5.75 Å². The minimum atomic E-state index is -0.170. The highest BCUT2D eigenvalue weighted by Gasteiger charge is 2.08. The molecule has 0 bridgehead atoms. The lowest BCUT2D eigenvalue weighted by Crippen LogP contribution is -2.27. The lowest BCUT2D eigenvalue weighted by molar-refractivity contribution is -0.120. The van der Waals surface area contributed by atoms with Gasteiger partial charge in [0, 0.05) is 13.5 Å². The molecule has 0 aliphatic carbocycles. The number of aryl methyl sites for hydroxylation is 1. The summed E-state index contributed by atoms with van der Waals surface area (Å²) in [5.74, 6) is 0.885. The number of aromatic hydroxyl groups is 1. The first-order chi connectivity index (χ1) is 9.15. The highest BCUT2D eigenvalue weighted by molar-refractivity contribution is 5.77. The Balaban J connectivity index is 1.77. The Morgan fingerprint density at radius 3 is 2.89 bits per heavy atom. The Morgan fingerprint density at radius 2 is 2.21 bits per heavy atom. The number of nitrogens with one attached hydrogen (secondary N) is 1. The molecule has 6 nitrogen and oxygen atoms in total. The van der Waals surface area contributed by atoms with Gasteiger partial charge in [-0.1, -0.05) is 23.4 Å². The second kappa shape index (κ2) is 5.99. The average Bonchev–Trinajstić information content (AvgIpc) is 2.77. The summed E-state index contributed by atoms with van der Waals surface area (Å²) in [5.41, 5.74) is 0.804. The van der Waals surface area contributed by atoms with Gasteiger partial charge in [0.2, 0.25) is 11.8 Å².